The second kappa shape index (κ2) is 9.55. The number of pyridine rings is 1. The summed E-state index contributed by atoms with van der Waals surface area (Å²) in [5.74, 6) is 2.01. The molecule has 2 aromatic rings. The molecule has 0 N–H and O–H groups in total. The zero-order valence-corrected chi connectivity index (χ0v) is 16.9. The highest BCUT2D eigenvalue weighted by Crippen LogP contribution is 2.32. The number of para-hydroxylation sites is 2. The van der Waals surface area contributed by atoms with Crippen LogP contribution in [0.15, 0.2) is 42.6 Å². The van der Waals surface area contributed by atoms with Gasteiger partial charge in [-0.2, -0.15) is 0 Å². The van der Waals surface area contributed by atoms with Crippen LogP contribution < -0.4 is 9.47 Å². The Balaban J connectivity index is 1.96. The summed E-state index contributed by atoms with van der Waals surface area (Å²) in [6, 6.07) is 11.0. The van der Waals surface area contributed by atoms with Crippen molar-refractivity contribution < 1.29 is 14.3 Å². The molecule has 6 heteroatoms. The number of fused-ring (bicyclic) bond motifs is 2. The monoisotopic (exact) mass is 383 g/mol. The highest BCUT2D eigenvalue weighted by molar-refractivity contribution is 5.96. The summed E-state index contributed by atoms with van der Waals surface area (Å²) in [5, 5.41) is 0. The Bertz CT molecular complexity index is 794. The van der Waals surface area contributed by atoms with Gasteiger partial charge in [-0.1, -0.05) is 26.0 Å². The van der Waals surface area contributed by atoms with Gasteiger partial charge in [-0.15, -0.1) is 0 Å². The predicted molar refractivity (Wildman–Crippen MR) is 109 cm³/mol. The van der Waals surface area contributed by atoms with Gasteiger partial charge in [0.05, 0.1) is 0 Å². The van der Waals surface area contributed by atoms with Gasteiger partial charge in [-0.05, 0) is 37.1 Å². The molecule has 1 aromatic heterocycles. The molecule has 2 heterocycles. The largest absolute Gasteiger partial charge is 0.488 e. The van der Waals surface area contributed by atoms with E-state index in [1.54, 1.807) is 18.3 Å². The molecule has 1 amide bonds. The van der Waals surface area contributed by atoms with Crippen molar-refractivity contribution in [3.63, 3.8) is 0 Å². The van der Waals surface area contributed by atoms with Crippen molar-refractivity contribution in [3.05, 3.63) is 48.2 Å². The minimum absolute atomic E-state index is 0.0623. The molecule has 3 rings (SSSR count). The van der Waals surface area contributed by atoms with E-state index in [0.717, 1.165) is 19.6 Å². The van der Waals surface area contributed by atoms with E-state index in [0.29, 0.717) is 48.6 Å². The van der Waals surface area contributed by atoms with Gasteiger partial charge >= 0.3 is 0 Å². The Hall–Kier alpha value is -2.60. The van der Waals surface area contributed by atoms with E-state index in [-0.39, 0.29) is 5.91 Å². The molecule has 0 aliphatic carbocycles. The number of hydrogen-bond acceptors (Lipinski definition) is 5. The van der Waals surface area contributed by atoms with Crippen molar-refractivity contribution in [2.75, 3.05) is 39.3 Å². The van der Waals surface area contributed by atoms with Crippen LogP contribution >= 0.6 is 0 Å². The lowest BCUT2D eigenvalue weighted by atomic mass is 10.2. The summed E-state index contributed by atoms with van der Waals surface area (Å²) in [4.78, 5) is 21.7. The number of hydrogen-bond donors (Lipinski definition) is 0. The molecule has 1 aliphatic heterocycles. The van der Waals surface area contributed by atoms with Crippen molar-refractivity contribution in [3.8, 4) is 17.4 Å². The number of carbonyl (C=O) groups excluding carboxylic acids is 1. The Morgan fingerprint density at radius 1 is 1.07 bits per heavy atom. The first kappa shape index (κ1) is 20.1. The van der Waals surface area contributed by atoms with Crippen molar-refractivity contribution in [1.29, 1.82) is 0 Å². The van der Waals surface area contributed by atoms with Crippen LogP contribution in [-0.4, -0.2) is 60.0 Å². The van der Waals surface area contributed by atoms with Gasteiger partial charge in [0.1, 0.15) is 12.2 Å². The van der Waals surface area contributed by atoms with Crippen LogP contribution in [0.2, 0.25) is 0 Å². The second-order valence-corrected chi connectivity index (χ2v) is 7.33. The second-order valence-electron chi connectivity index (χ2n) is 7.33. The Kier molecular flexibility index (Phi) is 6.87. The molecule has 0 fully saturated rings. The average molecular weight is 383 g/mol. The maximum absolute atomic E-state index is 13.2. The van der Waals surface area contributed by atoms with Gasteiger partial charge < -0.3 is 14.4 Å². The van der Waals surface area contributed by atoms with Crippen molar-refractivity contribution in [2.45, 2.75) is 20.8 Å². The van der Waals surface area contributed by atoms with E-state index < -0.39 is 0 Å². The number of likely N-dealkylation sites (N-methyl/N-ethyl adjacent to an activating group) is 1. The van der Waals surface area contributed by atoms with Crippen molar-refractivity contribution >= 4 is 5.91 Å². The van der Waals surface area contributed by atoms with Gasteiger partial charge in [0, 0.05) is 38.9 Å². The fraction of sp³-hybridized carbons (Fsp3) is 0.455. The van der Waals surface area contributed by atoms with Crippen LogP contribution in [0.25, 0.3) is 0 Å². The Morgan fingerprint density at radius 3 is 2.61 bits per heavy atom. The lowest BCUT2D eigenvalue weighted by molar-refractivity contribution is 0.0735. The summed E-state index contributed by atoms with van der Waals surface area (Å²) in [6.45, 7) is 10.8. The predicted octanol–water partition coefficient (Wildman–Crippen LogP) is 3.69. The molecule has 0 atom stereocenters. The molecule has 0 unspecified atom stereocenters. The van der Waals surface area contributed by atoms with Crippen LogP contribution in [0.4, 0.5) is 0 Å². The highest BCUT2D eigenvalue weighted by Gasteiger charge is 2.22. The molecule has 0 spiro atoms. The molecule has 0 radical (unpaired) electrons. The molecule has 0 bridgehead atoms. The first-order valence-electron chi connectivity index (χ1n) is 9.94. The number of amides is 1. The fourth-order valence-electron chi connectivity index (χ4n) is 3.32. The number of rotatable bonds is 3. The van der Waals surface area contributed by atoms with E-state index in [4.69, 9.17) is 9.47 Å². The van der Waals surface area contributed by atoms with E-state index in [1.807, 2.05) is 36.1 Å². The number of nitrogens with zero attached hydrogens (tertiary/aromatic N) is 3. The van der Waals surface area contributed by atoms with E-state index in [9.17, 15) is 4.79 Å². The lowest BCUT2D eigenvalue weighted by Gasteiger charge is -2.28. The van der Waals surface area contributed by atoms with E-state index in [2.05, 4.69) is 23.7 Å². The summed E-state index contributed by atoms with van der Waals surface area (Å²) in [7, 11) is 0. The summed E-state index contributed by atoms with van der Waals surface area (Å²) >= 11 is 0. The van der Waals surface area contributed by atoms with Gasteiger partial charge in [0.25, 0.3) is 5.91 Å². The first-order chi connectivity index (χ1) is 13.6. The molecule has 6 nitrogen and oxygen atoms in total. The van der Waals surface area contributed by atoms with Crippen molar-refractivity contribution in [2.24, 2.45) is 5.92 Å². The third-order valence-electron chi connectivity index (χ3n) is 4.70. The summed E-state index contributed by atoms with van der Waals surface area (Å²) in [5.41, 5.74) is 0.466. The van der Waals surface area contributed by atoms with Gasteiger partial charge in [-0.25, -0.2) is 4.98 Å². The molecule has 150 valence electrons. The molecular formula is C22H29N3O3. The van der Waals surface area contributed by atoms with E-state index >= 15 is 0 Å². The van der Waals surface area contributed by atoms with Crippen LogP contribution in [0.1, 0.15) is 31.1 Å². The maximum Gasteiger partial charge on any atom is 0.259 e. The third kappa shape index (κ3) is 5.01. The zero-order valence-electron chi connectivity index (χ0n) is 16.9. The smallest absolute Gasteiger partial charge is 0.259 e. The van der Waals surface area contributed by atoms with Gasteiger partial charge in [0.15, 0.2) is 11.5 Å². The molecule has 1 aliphatic rings. The SMILES string of the molecule is CCN1CCN(CC(C)C)CCOc2ccccc2Oc2ncccc2C1=O. The van der Waals surface area contributed by atoms with Crippen LogP contribution in [-0.2, 0) is 0 Å². The minimum Gasteiger partial charge on any atom is -0.488 e. The molecule has 28 heavy (non-hydrogen) atoms. The summed E-state index contributed by atoms with van der Waals surface area (Å²) in [6.07, 6.45) is 1.63. The Labute approximate surface area is 167 Å². The highest BCUT2D eigenvalue weighted by atomic mass is 16.5. The number of aromatic nitrogens is 1. The Morgan fingerprint density at radius 2 is 1.86 bits per heavy atom. The maximum atomic E-state index is 13.2. The fourth-order valence-corrected chi connectivity index (χ4v) is 3.32. The van der Waals surface area contributed by atoms with Gasteiger partial charge in [0.2, 0.25) is 5.88 Å². The quantitative estimate of drug-likeness (QED) is 0.809. The lowest BCUT2D eigenvalue weighted by Crippen LogP contribution is -2.41. The third-order valence-corrected chi connectivity index (χ3v) is 4.70. The number of benzene rings is 1. The van der Waals surface area contributed by atoms with Crippen molar-refractivity contribution in [1.82, 2.24) is 14.8 Å². The van der Waals surface area contributed by atoms with Crippen LogP contribution in [0.3, 0.4) is 0 Å². The molecular weight excluding hydrogens is 354 g/mol. The first-order valence-corrected chi connectivity index (χ1v) is 9.94. The zero-order chi connectivity index (χ0) is 19.9. The summed E-state index contributed by atoms with van der Waals surface area (Å²) < 4.78 is 12.0. The minimum atomic E-state index is -0.0623. The topological polar surface area (TPSA) is 54.9 Å². The molecule has 1 aromatic carbocycles. The molecule has 0 saturated carbocycles. The number of ether oxygens (including phenoxy) is 2. The van der Waals surface area contributed by atoms with Crippen LogP contribution in [0.5, 0.6) is 17.4 Å². The average Bonchev–Trinajstić information content (AvgIpc) is 2.69. The molecule has 0 saturated heterocycles. The normalized spacial score (nSPS) is 16.1. The van der Waals surface area contributed by atoms with E-state index in [1.165, 1.54) is 0 Å². The number of carbonyl (C=O) groups is 1. The van der Waals surface area contributed by atoms with Gasteiger partial charge in [-0.3, -0.25) is 9.69 Å². The standard InChI is InChI=1S/C22H29N3O3/c1-4-25-13-12-24(16-17(2)3)14-15-27-19-9-5-6-10-20(19)28-21-18(22(25)26)8-7-11-23-21/h5-11,17H,4,12-16H2,1-3H3. The van der Waals surface area contributed by atoms with Crippen LogP contribution in [0, 0.1) is 5.92 Å².